The molecule has 0 aliphatic heterocycles. The molecule has 0 fully saturated rings. The van der Waals surface area contributed by atoms with E-state index < -0.39 is 0 Å². The summed E-state index contributed by atoms with van der Waals surface area (Å²) in [5.74, 6) is 6.92. The minimum atomic E-state index is 0.649. The van der Waals surface area contributed by atoms with E-state index in [1.807, 2.05) is 12.3 Å². The van der Waals surface area contributed by atoms with Crippen LogP contribution >= 0.6 is 11.8 Å². The van der Waals surface area contributed by atoms with E-state index in [1.165, 1.54) is 11.8 Å². The van der Waals surface area contributed by atoms with Gasteiger partial charge in [-0.3, -0.25) is 0 Å². The van der Waals surface area contributed by atoms with E-state index in [-0.39, 0.29) is 0 Å². The van der Waals surface area contributed by atoms with Crippen LogP contribution in [0.3, 0.4) is 0 Å². The second-order valence-electron chi connectivity index (χ2n) is 2.91. The van der Waals surface area contributed by atoms with Crippen LogP contribution in [0.25, 0.3) is 0 Å². The third-order valence-corrected chi connectivity index (χ3v) is 2.66. The smallest absolute Gasteiger partial charge is 0.191 e. The number of thioether (sulfide) groups is 1. The summed E-state index contributed by atoms with van der Waals surface area (Å²) in [5.41, 5.74) is 2.55. The lowest BCUT2D eigenvalue weighted by Gasteiger charge is -2.20. The number of nitrogens with two attached hydrogens (primary N) is 1. The molecule has 3 N–H and O–H groups in total. The molecule has 0 unspecified atom stereocenters. The Hall–Kier alpha value is -1.01. The molecule has 1 aromatic rings. The number of nitrogens with one attached hydrogen (secondary N) is 1. The summed E-state index contributed by atoms with van der Waals surface area (Å²) in [6.07, 6.45) is 1.95. The highest BCUT2D eigenvalue weighted by Gasteiger charge is 2.07. The molecule has 5 nitrogen and oxygen atoms in total. The minimum Gasteiger partial charge on any atom is -0.357 e. The highest BCUT2D eigenvalue weighted by molar-refractivity contribution is 7.98. The Balaban J connectivity index is 3.05. The van der Waals surface area contributed by atoms with Gasteiger partial charge in [0, 0.05) is 19.2 Å². The SMILES string of the molecule is CCN(CC)c1cc(NN)nc(SC)n1. The van der Waals surface area contributed by atoms with E-state index in [9.17, 15) is 0 Å². The second kappa shape index (κ2) is 5.77. The summed E-state index contributed by atoms with van der Waals surface area (Å²) in [7, 11) is 0. The standard InChI is InChI=1S/C9H17N5S/c1-4-14(5-2)8-6-7(13-10)11-9(12-8)15-3/h6H,4-5,10H2,1-3H3,(H,11,12,13). The number of rotatable bonds is 5. The van der Waals surface area contributed by atoms with Gasteiger partial charge in [-0.1, -0.05) is 11.8 Å². The summed E-state index contributed by atoms with van der Waals surface area (Å²) in [5, 5.41) is 0.729. The van der Waals surface area contributed by atoms with Gasteiger partial charge in [-0.15, -0.1) is 0 Å². The van der Waals surface area contributed by atoms with Crippen molar-refractivity contribution in [2.75, 3.05) is 29.7 Å². The number of nitrogen functional groups attached to an aromatic ring is 1. The average Bonchev–Trinajstić information content (AvgIpc) is 2.30. The van der Waals surface area contributed by atoms with Crippen LogP contribution in [0.2, 0.25) is 0 Å². The minimum absolute atomic E-state index is 0.649. The van der Waals surface area contributed by atoms with Crippen LogP contribution < -0.4 is 16.2 Å². The Kier molecular flexibility index (Phi) is 4.64. The Morgan fingerprint density at radius 2 is 2.07 bits per heavy atom. The van der Waals surface area contributed by atoms with Gasteiger partial charge in [0.25, 0.3) is 0 Å². The van der Waals surface area contributed by atoms with Gasteiger partial charge in [-0.05, 0) is 20.1 Å². The molecule has 0 aliphatic carbocycles. The summed E-state index contributed by atoms with van der Waals surface area (Å²) < 4.78 is 0. The molecule has 15 heavy (non-hydrogen) atoms. The molecule has 0 saturated carbocycles. The summed E-state index contributed by atoms with van der Waals surface area (Å²) >= 11 is 1.51. The third-order valence-electron chi connectivity index (χ3n) is 2.11. The molecule has 0 saturated heterocycles. The van der Waals surface area contributed by atoms with Gasteiger partial charge in [-0.25, -0.2) is 15.8 Å². The van der Waals surface area contributed by atoms with Crippen LogP contribution in [-0.4, -0.2) is 29.3 Å². The van der Waals surface area contributed by atoms with Crippen molar-refractivity contribution in [3.63, 3.8) is 0 Å². The average molecular weight is 227 g/mol. The summed E-state index contributed by atoms with van der Waals surface area (Å²) in [4.78, 5) is 10.8. The summed E-state index contributed by atoms with van der Waals surface area (Å²) in [6, 6.07) is 1.85. The molecule has 6 heteroatoms. The van der Waals surface area contributed by atoms with Crippen molar-refractivity contribution < 1.29 is 0 Å². The molecule has 0 aliphatic rings. The first kappa shape index (κ1) is 12.1. The predicted molar refractivity (Wildman–Crippen MR) is 65.2 cm³/mol. The van der Waals surface area contributed by atoms with Crippen LogP contribution in [0.5, 0.6) is 0 Å². The fourth-order valence-corrected chi connectivity index (χ4v) is 1.66. The molecule has 1 rings (SSSR count). The first-order valence-electron chi connectivity index (χ1n) is 4.89. The number of hydrazine groups is 1. The highest BCUT2D eigenvalue weighted by Crippen LogP contribution is 2.19. The lowest BCUT2D eigenvalue weighted by Crippen LogP contribution is -2.23. The van der Waals surface area contributed by atoms with Crippen molar-refractivity contribution in [3.05, 3.63) is 6.07 Å². The van der Waals surface area contributed by atoms with E-state index in [0.717, 1.165) is 24.1 Å². The third kappa shape index (κ3) is 2.97. The molecule has 1 heterocycles. The molecule has 0 bridgehead atoms. The Bertz CT molecular complexity index is 291. The van der Waals surface area contributed by atoms with Crippen LogP contribution in [0.1, 0.15) is 13.8 Å². The Morgan fingerprint density at radius 1 is 1.40 bits per heavy atom. The predicted octanol–water partition coefficient (Wildman–Crippen LogP) is 1.33. The van der Waals surface area contributed by atoms with Crippen molar-refractivity contribution in [1.29, 1.82) is 0 Å². The molecular weight excluding hydrogens is 210 g/mol. The van der Waals surface area contributed by atoms with Gasteiger partial charge in [0.05, 0.1) is 0 Å². The van der Waals surface area contributed by atoms with E-state index in [1.54, 1.807) is 0 Å². The fourth-order valence-electron chi connectivity index (χ4n) is 1.29. The molecule has 1 aromatic heterocycles. The van der Waals surface area contributed by atoms with Crippen molar-refractivity contribution >= 4 is 23.4 Å². The van der Waals surface area contributed by atoms with Crippen molar-refractivity contribution in [2.24, 2.45) is 5.84 Å². The van der Waals surface area contributed by atoms with Gasteiger partial charge in [0.2, 0.25) is 0 Å². The van der Waals surface area contributed by atoms with Crippen molar-refractivity contribution in [3.8, 4) is 0 Å². The summed E-state index contributed by atoms with van der Waals surface area (Å²) in [6.45, 7) is 6.04. The largest absolute Gasteiger partial charge is 0.357 e. The maximum Gasteiger partial charge on any atom is 0.191 e. The van der Waals surface area contributed by atoms with E-state index in [4.69, 9.17) is 5.84 Å². The van der Waals surface area contributed by atoms with E-state index >= 15 is 0 Å². The zero-order chi connectivity index (χ0) is 11.3. The van der Waals surface area contributed by atoms with Crippen LogP contribution in [0, 0.1) is 0 Å². The number of nitrogens with zero attached hydrogens (tertiary/aromatic N) is 3. The maximum absolute atomic E-state index is 5.36. The van der Waals surface area contributed by atoms with Crippen LogP contribution in [0.15, 0.2) is 11.2 Å². The van der Waals surface area contributed by atoms with Gasteiger partial charge < -0.3 is 10.3 Å². The van der Waals surface area contributed by atoms with E-state index in [2.05, 4.69) is 34.1 Å². The molecule has 0 radical (unpaired) electrons. The monoisotopic (exact) mass is 227 g/mol. The van der Waals surface area contributed by atoms with Crippen molar-refractivity contribution in [1.82, 2.24) is 9.97 Å². The number of aromatic nitrogens is 2. The first-order valence-corrected chi connectivity index (χ1v) is 6.12. The Morgan fingerprint density at radius 3 is 2.53 bits per heavy atom. The van der Waals surface area contributed by atoms with E-state index in [0.29, 0.717) is 5.82 Å². The molecule has 0 spiro atoms. The Labute approximate surface area is 94.4 Å². The normalized spacial score (nSPS) is 10.1. The number of anilines is 2. The van der Waals surface area contributed by atoms with Crippen LogP contribution in [-0.2, 0) is 0 Å². The van der Waals surface area contributed by atoms with Gasteiger partial charge in [-0.2, -0.15) is 0 Å². The topological polar surface area (TPSA) is 67.1 Å². The lowest BCUT2D eigenvalue weighted by atomic mass is 10.4. The molecule has 0 aromatic carbocycles. The number of hydrogen-bond donors (Lipinski definition) is 2. The quantitative estimate of drug-likeness (QED) is 0.342. The first-order chi connectivity index (χ1) is 7.24. The molecular formula is C9H17N5S. The molecule has 0 amide bonds. The van der Waals surface area contributed by atoms with Gasteiger partial charge in [0.15, 0.2) is 5.16 Å². The highest BCUT2D eigenvalue weighted by atomic mass is 32.2. The van der Waals surface area contributed by atoms with Crippen molar-refractivity contribution in [2.45, 2.75) is 19.0 Å². The van der Waals surface area contributed by atoms with Crippen LogP contribution in [0.4, 0.5) is 11.6 Å². The molecule has 84 valence electrons. The maximum atomic E-state index is 5.36. The zero-order valence-corrected chi connectivity index (χ0v) is 10.1. The second-order valence-corrected chi connectivity index (χ2v) is 3.69. The fraction of sp³-hybridized carbons (Fsp3) is 0.556. The van der Waals surface area contributed by atoms with Gasteiger partial charge >= 0.3 is 0 Å². The molecule has 0 atom stereocenters. The lowest BCUT2D eigenvalue weighted by molar-refractivity contribution is 0.819. The van der Waals surface area contributed by atoms with Gasteiger partial charge in [0.1, 0.15) is 11.6 Å². The number of hydrogen-bond acceptors (Lipinski definition) is 6. The zero-order valence-electron chi connectivity index (χ0n) is 9.32.